The SMILES string of the molecule is CCN(CC#N)c1cccc(Cl)c1. The van der Waals surface area contributed by atoms with Crippen LogP contribution in [0.25, 0.3) is 0 Å². The Kier molecular flexibility index (Phi) is 3.60. The van der Waals surface area contributed by atoms with E-state index in [0.717, 1.165) is 12.2 Å². The average Bonchev–Trinajstić information content (AvgIpc) is 2.14. The molecule has 1 aromatic carbocycles. The number of hydrogen-bond donors (Lipinski definition) is 0. The van der Waals surface area contributed by atoms with Crippen LogP contribution in [-0.4, -0.2) is 13.1 Å². The highest BCUT2D eigenvalue weighted by atomic mass is 35.5. The molecule has 0 saturated heterocycles. The molecule has 0 heterocycles. The van der Waals surface area contributed by atoms with Crippen LogP contribution in [0.3, 0.4) is 0 Å². The topological polar surface area (TPSA) is 27.0 Å². The van der Waals surface area contributed by atoms with Gasteiger partial charge in [0, 0.05) is 17.3 Å². The minimum Gasteiger partial charge on any atom is -0.358 e. The number of rotatable bonds is 3. The number of benzene rings is 1. The van der Waals surface area contributed by atoms with E-state index in [2.05, 4.69) is 6.07 Å². The Morgan fingerprint density at radius 2 is 2.31 bits per heavy atom. The summed E-state index contributed by atoms with van der Waals surface area (Å²) in [5.41, 5.74) is 0.997. The van der Waals surface area contributed by atoms with Crippen molar-refractivity contribution in [1.29, 1.82) is 5.26 Å². The van der Waals surface area contributed by atoms with E-state index in [0.29, 0.717) is 11.6 Å². The Morgan fingerprint density at radius 1 is 1.54 bits per heavy atom. The molecule has 0 spiro atoms. The summed E-state index contributed by atoms with van der Waals surface area (Å²) >= 11 is 5.84. The minimum atomic E-state index is 0.400. The number of hydrogen-bond acceptors (Lipinski definition) is 2. The van der Waals surface area contributed by atoms with E-state index in [1.165, 1.54) is 0 Å². The van der Waals surface area contributed by atoms with Crippen LogP contribution in [0.15, 0.2) is 24.3 Å². The van der Waals surface area contributed by atoms with Gasteiger partial charge < -0.3 is 4.90 Å². The number of nitrogens with zero attached hydrogens (tertiary/aromatic N) is 2. The second-order valence-electron chi connectivity index (χ2n) is 2.65. The zero-order valence-electron chi connectivity index (χ0n) is 7.50. The molecule has 0 radical (unpaired) electrons. The van der Waals surface area contributed by atoms with Gasteiger partial charge in [-0.3, -0.25) is 0 Å². The molecule has 2 nitrogen and oxygen atoms in total. The fourth-order valence-corrected chi connectivity index (χ4v) is 1.33. The van der Waals surface area contributed by atoms with Crippen molar-refractivity contribution in [1.82, 2.24) is 0 Å². The quantitative estimate of drug-likeness (QED) is 0.692. The van der Waals surface area contributed by atoms with Crippen molar-refractivity contribution in [2.45, 2.75) is 6.92 Å². The van der Waals surface area contributed by atoms with Crippen molar-refractivity contribution in [2.75, 3.05) is 18.0 Å². The molecule has 0 unspecified atom stereocenters. The predicted molar refractivity (Wildman–Crippen MR) is 55.0 cm³/mol. The van der Waals surface area contributed by atoms with Crippen molar-refractivity contribution in [3.63, 3.8) is 0 Å². The monoisotopic (exact) mass is 194 g/mol. The van der Waals surface area contributed by atoms with Gasteiger partial charge in [-0.15, -0.1) is 0 Å². The molecule has 0 aliphatic heterocycles. The molecule has 0 aliphatic rings. The van der Waals surface area contributed by atoms with Crippen LogP contribution in [0.1, 0.15) is 6.92 Å². The second kappa shape index (κ2) is 4.74. The van der Waals surface area contributed by atoms with Crippen molar-refractivity contribution in [3.8, 4) is 6.07 Å². The molecule has 0 bridgehead atoms. The molecule has 0 amide bonds. The first-order chi connectivity index (χ1) is 6.27. The lowest BCUT2D eigenvalue weighted by molar-refractivity contribution is 0.911. The molecule has 0 aromatic heterocycles. The van der Waals surface area contributed by atoms with E-state index in [-0.39, 0.29) is 0 Å². The fourth-order valence-electron chi connectivity index (χ4n) is 1.14. The van der Waals surface area contributed by atoms with E-state index in [1.54, 1.807) is 0 Å². The van der Waals surface area contributed by atoms with E-state index < -0.39 is 0 Å². The third kappa shape index (κ3) is 2.64. The van der Waals surface area contributed by atoms with Crippen LogP contribution in [0.5, 0.6) is 0 Å². The molecular weight excluding hydrogens is 184 g/mol. The highest BCUT2D eigenvalue weighted by molar-refractivity contribution is 6.30. The van der Waals surface area contributed by atoms with Gasteiger partial charge in [-0.2, -0.15) is 5.26 Å². The summed E-state index contributed by atoms with van der Waals surface area (Å²) in [6.07, 6.45) is 0. The van der Waals surface area contributed by atoms with Crippen molar-refractivity contribution in [3.05, 3.63) is 29.3 Å². The van der Waals surface area contributed by atoms with Crippen LogP contribution in [0, 0.1) is 11.3 Å². The van der Waals surface area contributed by atoms with E-state index in [4.69, 9.17) is 16.9 Å². The summed E-state index contributed by atoms with van der Waals surface area (Å²) in [5.74, 6) is 0. The highest BCUT2D eigenvalue weighted by Crippen LogP contribution is 2.18. The average molecular weight is 195 g/mol. The fraction of sp³-hybridized carbons (Fsp3) is 0.300. The number of anilines is 1. The van der Waals surface area contributed by atoms with Gasteiger partial charge in [0.2, 0.25) is 0 Å². The maximum atomic E-state index is 8.57. The molecule has 0 N–H and O–H groups in total. The second-order valence-corrected chi connectivity index (χ2v) is 3.09. The molecule has 0 fully saturated rings. The van der Waals surface area contributed by atoms with Gasteiger partial charge in [0.1, 0.15) is 6.54 Å². The van der Waals surface area contributed by atoms with Gasteiger partial charge in [-0.25, -0.2) is 0 Å². The van der Waals surface area contributed by atoms with Crippen LogP contribution >= 0.6 is 11.6 Å². The Balaban J connectivity index is 2.86. The molecule has 0 aliphatic carbocycles. The van der Waals surface area contributed by atoms with Gasteiger partial charge in [0.15, 0.2) is 0 Å². The largest absolute Gasteiger partial charge is 0.358 e. The van der Waals surface area contributed by atoms with Gasteiger partial charge in [-0.1, -0.05) is 17.7 Å². The first kappa shape index (κ1) is 9.88. The summed E-state index contributed by atoms with van der Waals surface area (Å²) in [4.78, 5) is 1.96. The smallest absolute Gasteiger partial charge is 0.105 e. The molecule has 0 atom stereocenters. The van der Waals surface area contributed by atoms with Gasteiger partial charge in [-0.05, 0) is 25.1 Å². The molecule has 13 heavy (non-hydrogen) atoms. The van der Waals surface area contributed by atoms with Gasteiger partial charge >= 0.3 is 0 Å². The summed E-state index contributed by atoms with van der Waals surface area (Å²) in [7, 11) is 0. The number of halogens is 1. The summed E-state index contributed by atoms with van der Waals surface area (Å²) in [6.45, 7) is 3.23. The van der Waals surface area contributed by atoms with E-state index in [1.807, 2.05) is 36.1 Å². The predicted octanol–water partition coefficient (Wildman–Crippen LogP) is 2.69. The first-order valence-electron chi connectivity index (χ1n) is 4.15. The normalized spacial score (nSPS) is 9.31. The lowest BCUT2D eigenvalue weighted by atomic mass is 10.3. The van der Waals surface area contributed by atoms with Crippen LogP contribution in [-0.2, 0) is 0 Å². The Morgan fingerprint density at radius 3 is 2.85 bits per heavy atom. The summed E-state index contributed by atoms with van der Waals surface area (Å²) in [5, 5.41) is 9.28. The maximum absolute atomic E-state index is 8.57. The minimum absolute atomic E-state index is 0.400. The molecular formula is C10H11ClN2. The van der Waals surface area contributed by atoms with Crippen LogP contribution in [0.2, 0.25) is 5.02 Å². The molecule has 1 rings (SSSR count). The standard InChI is InChI=1S/C10H11ClN2/c1-2-13(7-6-12)10-5-3-4-9(11)8-10/h3-5,8H,2,7H2,1H3. The zero-order chi connectivity index (χ0) is 9.68. The third-order valence-corrected chi connectivity index (χ3v) is 2.05. The molecule has 68 valence electrons. The van der Waals surface area contributed by atoms with E-state index in [9.17, 15) is 0 Å². The van der Waals surface area contributed by atoms with Crippen molar-refractivity contribution in [2.24, 2.45) is 0 Å². The zero-order valence-corrected chi connectivity index (χ0v) is 8.25. The Hall–Kier alpha value is -1.20. The van der Waals surface area contributed by atoms with Crippen molar-refractivity contribution >= 4 is 17.3 Å². The maximum Gasteiger partial charge on any atom is 0.105 e. The highest BCUT2D eigenvalue weighted by Gasteiger charge is 2.02. The number of nitriles is 1. The lowest BCUT2D eigenvalue weighted by Gasteiger charge is -2.19. The molecule has 0 saturated carbocycles. The van der Waals surface area contributed by atoms with Crippen molar-refractivity contribution < 1.29 is 0 Å². The summed E-state index contributed by atoms with van der Waals surface area (Å²) in [6, 6.07) is 9.65. The van der Waals surface area contributed by atoms with Crippen LogP contribution < -0.4 is 4.90 Å². The van der Waals surface area contributed by atoms with Gasteiger partial charge in [0.05, 0.1) is 6.07 Å². The van der Waals surface area contributed by atoms with Gasteiger partial charge in [0.25, 0.3) is 0 Å². The Labute approximate surface area is 83.3 Å². The first-order valence-corrected chi connectivity index (χ1v) is 4.53. The lowest BCUT2D eigenvalue weighted by Crippen LogP contribution is -2.22. The Bertz CT molecular complexity index is 317. The van der Waals surface area contributed by atoms with E-state index >= 15 is 0 Å². The third-order valence-electron chi connectivity index (χ3n) is 1.82. The molecule has 3 heteroatoms. The molecule has 1 aromatic rings. The summed E-state index contributed by atoms with van der Waals surface area (Å²) < 4.78 is 0. The van der Waals surface area contributed by atoms with Crippen LogP contribution in [0.4, 0.5) is 5.69 Å².